The Balaban J connectivity index is 1.97. The van der Waals surface area contributed by atoms with Gasteiger partial charge in [-0.3, -0.25) is 0 Å². The third kappa shape index (κ3) is 0.970. The average Bonchev–Trinajstić information content (AvgIpc) is 2.33. The van der Waals surface area contributed by atoms with E-state index in [-0.39, 0.29) is 0 Å². The first-order valence-corrected chi connectivity index (χ1v) is 3.81. The number of hydrogen-bond donors (Lipinski definition) is 1. The zero-order valence-electron chi connectivity index (χ0n) is 5.64. The van der Waals surface area contributed by atoms with Crippen LogP contribution in [0.3, 0.4) is 0 Å². The van der Waals surface area contributed by atoms with Crippen molar-refractivity contribution in [3.8, 4) is 0 Å². The van der Waals surface area contributed by atoms with Crippen molar-refractivity contribution in [1.82, 2.24) is 10.6 Å². The summed E-state index contributed by atoms with van der Waals surface area (Å²) in [4.78, 5) is 0. The van der Waals surface area contributed by atoms with Gasteiger partial charge in [0.2, 0.25) is 0 Å². The highest BCUT2D eigenvalue weighted by atomic mass is 15.0. The van der Waals surface area contributed by atoms with E-state index in [0.717, 1.165) is 24.9 Å². The standard InChI is InChI=1S/C7H13N2/c1-2-8-4-7-5-9-3-6(1)7/h6-8H,1-5H2. The van der Waals surface area contributed by atoms with Crippen LogP contribution in [0.25, 0.3) is 0 Å². The monoisotopic (exact) mass is 125 g/mol. The first-order valence-electron chi connectivity index (χ1n) is 3.81. The lowest BCUT2D eigenvalue weighted by Gasteiger charge is -2.24. The molecule has 2 aliphatic heterocycles. The molecule has 2 fully saturated rings. The minimum absolute atomic E-state index is 0.888. The summed E-state index contributed by atoms with van der Waals surface area (Å²) in [6, 6.07) is 0. The van der Waals surface area contributed by atoms with Gasteiger partial charge in [-0.05, 0) is 31.3 Å². The van der Waals surface area contributed by atoms with Gasteiger partial charge in [0.05, 0.1) is 0 Å². The molecule has 0 saturated carbocycles. The second-order valence-electron chi connectivity index (χ2n) is 3.10. The molecule has 2 rings (SSSR count). The van der Waals surface area contributed by atoms with Gasteiger partial charge in [0, 0.05) is 13.1 Å². The Morgan fingerprint density at radius 3 is 3.00 bits per heavy atom. The zero-order chi connectivity index (χ0) is 6.10. The highest BCUT2D eigenvalue weighted by molar-refractivity contribution is 4.85. The van der Waals surface area contributed by atoms with Gasteiger partial charge in [0.1, 0.15) is 0 Å². The molecule has 2 saturated heterocycles. The quantitative estimate of drug-likeness (QED) is 0.478. The van der Waals surface area contributed by atoms with Crippen molar-refractivity contribution in [2.24, 2.45) is 11.8 Å². The van der Waals surface area contributed by atoms with E-state index in [9.17, 15) is 0 Å². The molecule has 0 spiro atoms. The predicted molar refractivity (Wildman–Crippen MR) is 36.3 cm³/mol. The Kier molecular flexibility index (Phi) is 1.44. The minimum Gasteiger partial charge on any atom is -0.316 e. The zero-order valence-corrected chi connectivity index (χ0v) is 5.64. The summed E-state index contributed by atoms with van der Waals surface area (Å²) < 4.78 is 0. The number of fused-ring (bicyclic) bond motifs is 1. The summed E-state index contributed by atoms with van der Waals surface area (Å²) in [5.41, 5.74) is 0. The van der Waals surface area contributed by atoms with Crippen molar-refractivity contribution in [1.29, 1.82) is 0 Å². The van der Waals surface area contributed by atoms with Gasteiger partial charge in [-0.1, -0.05) is 0 Å². The molecule has 0 amide bonds. The molecule has 2 unspecified atom stereocenters. The van der Waals surface area contributed by atoms with E-state index in [1.54, 1.807) is 0 Å². The fourth-order valence-electron chi connectivity index (χ4n) is 1.84. The third-order valence-corrected chi connectivity index (χ3v) is 2.49. The molecule has 0 aromatic heterocycles. The van der Waals surface area contributed by atoms with Crippen molar-refractivity contribution in [2.75, 3.05) is 26.2 Å². The van der Waals surface area contributed by atoms with E-state index in [0.29, 0.717) is 0 Å². The summed E-state index contributed by atoms with van der Waals surface area (Å²) >= 11 is 0. The van der Waals surface area contributed by atoms with Gasteiger partial charge in [-0.25, -0.2) is 5.32 Å². The maximum Gasteiger partial charge on any atom is 0.0177 e. The van der Waals surface area contributed by atoms with Crippen molar-refractivity contribution < 1.29 is 0 Å². The normalized spacial score (nSPS) is 42.7. The van der Waals surface area contributed by atoms with Gasteiger partial charge in [-0.2, -0.15) is 0 Å². The Morgan fingerprint density at radius 2 is 2.11 bits per heavy atom. The lowest BCUT2D eigenvalue weighted by molar-refractivity contribution is 0.318. The van der Waals surface area contributed by atoms with Crippen molar-refractivity contribution in [3.63, 3.8) is 0 Å². The van der Waals surface area contributed by atoms with Gasteiger partial charge < -0.3 is 5.32 Å². The Hall–Kier alpha value is -0.0800. The number of hydrogen-bond acceptors (Lipinski definition) is 1. The van der Waals surface area contributed by atoms with Crippen LogP contribution in [0.1, 0.15) is 6.42 Å². The van der Waals surface area contributed by atoms with Crippen LogP contribution in [0.4, 0.5) is 0 Å². The lowest BCUT2D eigenvalue weighted by atomic mass is 9.90. The highest BCUT2D eigenvalue weighted by Crippen LogP contribution is 2.22. The molecule has 2 atom stereocenters. The summed E-state index contributed by atoms with van der Waals surface area (Å²) in [5.74, 6) is 1.82. The van der Waals surface area contributed by atoms with Gasteiger partial charge in [0.25, 0.3) is 0 Å². The van der Waals surface area contributed by atoms with E-state index in [4.69, 9.17) is 0 Å². The molecule has 0 aromatic carbocycles. The maximum atomic E-state index is 4.39. The molecule has 2 nitrogen and oxygen atoms in total. The van der Waals surface area contributed by atoms with Crippen LogP contribution in [0.5, 0.6) is 0 Å². The van der Waals surface area contributed by atoms with Crippen LogP contribution in [-0.4, -0.2) is 26.2 Å². The fraction of sp³-hybridized carbons (Fsp3) is 1.00. The molecule has 0 aliphatic carbocycles. The Bertz CT molecular complexity index is 91.1. The molecule has 2 heteroatoms. The van der Waals surface area contributed by atoms with Crippen molar-refractivity contribution in [2.45, 2.75) is 6.42 Å². The van der Waals surface area contributed by atoms with E-state index < -0.39 is 0 Å². The molecule has 51 valence electrons. The molecule has 2 aliphatic rings. The second-order valence-corrected chi connectivity index (χ2v) is 3.10. The summed E-state index contributed by atoms with van der Waals surface area (Å²) in [6.45, 7) is 4.70. The number of nitrogens with one attached hydrogen (secondary N) is 1. The maximum absolute atomic E-state index is 4.39. The van der Waals surface area contributed by atoms with Crippen LogP contribution < -0.4 is 10.6 Å². The van der Waals surface area contributed by atoms with Gasteiger partial charge >= 0.3 is 0 Å². The molecule has 1 radical (unpaired) electrons. The number of nitrogens with zero attached hydrogens (tertiary/aromatic N) is 1. The topological polar surface area (TPSA) is 26.1 Å². The lowest BCUT2D eigenvalue weighted by Crippen LogP contribution is -2.35. The fourth-order valence-corrected chi connectivity index (χ4v) is 1.84. The Morgan fingerprint density at radius 1 is 1.22 bits per heavy atom. The first kappa shape index (κ1) is 5.69. The molecule has 2 heterocycles. The first-order chi connectivity index (χ1) is 4.47. The Labute approximate surface area is 56.0 Å². The van der Waals surface area contributed by atoms with E-state index >= 15 is 0 Å². The molecule has 0 aromatic rings. The summed E-state index contributed by atoms with van der Waals surface area (Å²) in [6.07, 6.45) is 1.36. The van der Waals surface area contributed by atoms with Gasteiger partial charge in [-0.15, -0.1) is 0 Å². The third-order valence-electron chi connectivity index (χ3n) is 2.49. The second kappa shape index (κ2) is 2.27. The van der Waals surface area contributed by atoms with Crippen molar-refractivity contribution in [3.05, 3.63) is 0 Å². The van der Waals surface area contributed by atoms with Crippen LogP contribution in [0.2, 0.25) is 0 Å². The number of rotatable bonds is 0. The average molecular weight is 125 g/mol. The predicted octanol–water partition coefficient (Wildman–Crippen LogP) is -0.170. The molecular formula is C7H13N2. The van der Waals surface area contributed by atoms with E-state index in [2.05, 4.69) is 10.6 Å². The van der Waals surface area contributed by atoms with Gasteiger partial charge in [0.15, 0.2) is 0 Å². The van der Waals surface area contributed by atoms with E-state index in [1.807, 2.05) is 0 Å². The highest BCUT2D eigenvalue weighted by Gasteiger charge is 2.29. The minimum atomic E-state index is 0.888. The SMILES string of the molecule is C1CC2C[N]CC2CN1. The van der Waals surface area contributed by atoms with Crippen LogP contribution in [-0.2, 0) is 0 Å². The van der Waals surface area contributed by atoms with Crippen LogP contribution in [0, 0.1) is 11.8 Å². The van der Waals surface area contributed by atoms with E-state index in [1.165, 1.54) is 19.5 Å². The van der Waals surface area contributed by atoms with Crippen molar-refractivity contribution >= 4 is 0 Å². The smallest absolute Gasteiger partial charge is 0.0177 e. The largest absolute Gasteiger partial charge is 0.316 e. The molecule has 0 bridgehead atoms. The van der Waals surface area contributed by atoms with Crippen LogP contribution >= 0.6 is 0 Å². The summed E-state index contributed by atoms with van der Waals surface area (Å²) in [5, 5.41) is 7.78. The van der Waals surface area contributed by atoms with Crippen LogP contribution in [0.15, 0.2) is 0 Å². The molecule has 1 N–H and O–H groups in total. The molecular weight excluding hydrogens is 112 g/mol. The molecule has 9 heavy (non-hydrogen) atoms. The summed E-state index contributed by atoms with van der Waals surface area (Å²) in [7, 11) is 0. The number of piperidine rings is 1.